The van der Waals surface area contributed by atoms with Crippen molar-refractivity contribution in [1.29, 1.82) is 0 Å². The van der Waals surface area contributed by atoms with Crippen LogP contribution in [0.1, 0.15) is 15.2 Å². The highest BCUT2D eigenvalue weighted by Gasteiger charge is 2.12. The number of methoxy groups -OCH3 is 1. The summed E-state index contributed by atoms with van der Waals surface area (Å²) in [5, 5.41) is 5.86. The van der Waals surface area contributed by atoms with E-state index in [9.17, 15) is 9.18 Å². The first kappa shape index (κ1) is 14.5. The minimum absolute atomic E-state index is 0.177. The largest absolute Gasteiger partial charge is 0.465 e. The molecule has 0 amide bonds. The standard InChI is InChI=1S/C13H10ClFN2O2S/c1-19-13(18)12-11(5-6-20-12)17-16-7-8-9(14)3-2-4-10(8)15/h2-7,17H,1H3/b16-7+. The Hall–Kier alpha value is -1.92. The maximum atomic E-state index is 13.5. The van der Waals surface area contributed by atoms with Gasteiger partial charge in [-0.15, -0.1) is 11.3 Å². The van der Waals surface area contributed by atoms with E-state index < -0.39 is 11.8 Å². The predicted octanol–water partition coefficient (Wildman–Crippen LogP) is 3.77. The molecule has 0 aliphatic heterocycles. The number of halogens is 2. The molecule has 0 aliphatic carbocycles. The number of carbonyl (C=O) groups is 1. The quantitative estimate of drug-likeness (QED) is 0.531. The first-order chi connectivity index (χ1) is 9.63. The average Bonchev–Trinajstić information content (AvgIpc) is 2.89. The highest BCUT2D eigenvalue weighted by Crippen LogP contribution is 2.23. The van der Waals surface area contributed by atoms with Crippen molar-refractivity contribution in [3.63, 3.8) is 0 Å². The van der Waals surface area contributed by atoms with Crippen molar-refractivity contribution >= 4 is 40.8 Å². The summed E-state index contributed by atoms with van der Waals surface area (Å²) in [4.78, 5) is 11.8. The first-order valence-electron chi connectivity index (χ1n) is 5.52. The molecule has 2 rings (SSSR count). The lowest BCUT2D eigenvalue weighted by molar-refractivity contribution is 0.0607. The van der Waals surface area contributed by atoms with Crippen LogP contribution in [0.25, 0.3) is 0 Å². The second-order valence-corrected chi connectivity index (χ2v) is 4.98. The molecule has 7 heteroatoms. The van der Waals surface area contributed by atoms with Crippen LogP contribution in [0.5, 0.6) is 0 Å². The molecule has 1 aromatic carbocycles. The highest BCUT2D eigenvalue weighted by molar-refractivity contribution is 7.12. The van der Waals surface area contributed by atoms with E-state index in [1.807, 2.05) is 0 Å². The van der Waals surface area contributed by atoms with Crippen molar-refractivity contribution < 1.29 is 13.9 Å². The zero-order valence-corrected chi connectivity index (χ0v) is 12.0. The van der Waals surface area contributed by atoms with Gasteiger partial charge in [0.25, 0.3) is 0 Å². The Morgan fingerprint density at radius 3 is 3.00 bits per heavy atom. The second-order valence-electron chi connectivity index (χ2n) is 3.66. The fourth-order valence-electron chi connectivity index (χ4n) is 1.45. The maximum absolute atomic E-state index is 13.5. The zero-order valence-electron chi connectivity index (χ0n) is 10.4. The Kier molecular flexibility index (Phi) is 4.70. The van der Waals surface area contributed by atoms with Gasteiger partial charge in [0.1, 0.15) is 10.7 Å². The third-order valence-corrected chi connectivity index (χ3v) is 3.64. The molecule has 4 nitrogen and oxygen atoms in total. The third-order valence-electron chi connectivity index (χ3n) is 2.41. The van der Waals surface area contributed by atoms with Gasteiger partial charge in [-0.05, 0) is 23.6 Å². The van der Waals surface area contributed by atoms with Crippen LogP contribution in [0.3, 0.4) is 0 Å². The summed E-state index contributed by atoms with van der Waals surface area (Å²) in [6.07, 6.45) is 1.26. The molecule has 0 atom stereocenters. The topological polar surface area (TPSA) is 50.7 Å². The number of carbonyl (C=O) groups excluding carboxylic acids is 1. The number of ether oxygens (including phenoxy) is 1. The molecule has 20 heavy (non-hydrogen) atoms. The van der Waals surface area contributed by atoms with Crippen LogP contribution in [0.15, 0.2) is 34.7 Å². The molecule has 1 N–H and O–H groups in total. The fraction of sp³-hybridized carbons (Fsp3) is 0.0769. The summed E-state index contributed by atoms with van der Waals surface area (Å²) in [5.74, 6) is -0.928. The van der Waals surface area contributed by atoms with E-state index in [-0.39, 0.29) is 10.6 Å². The monoisotopic (exact) mass is 312 g/mol. The summed E-state index contributed by atoms with van der Waals surface area (Å²) >= 11 is 7.09. The van der Waals surface area contributed by atoms with Gasteiger partial charge in [-0.1, -0.05) is 17.7 Å². The molecular formula is C13H10ClFN2O2S. The van der Waals surface area contributed by atoms with E-state index in [1.54, 1.807) is 17.5 Å². The van der Waals surface area contributed by atoms with Gasteiger partial charge >= 0.3 is 5.97 Å². The van der Waals surface area contributed by atoms with Crippen LogP contribution in [0.2, 0.25) is 5.02 Å². The van der Waals surface area contributed by atoms with Crippen molar-refractivity contribution in [2.24, 2.45) is 5.10 Å². The Balaban J connectivity index is 2.15. The number of rotatable bonds is 4. The summed E-state index contributed by atoms with van der Waals surface area (Å²) < 4.78 is 18.1. The lowest BCUT2D eigenvalue weighted by atomic mass is 10.2. The molecule has 0 radical (unpaired) electrons. The number of benzene rings is 1. The zero-order chi connectivity index (χ0) is 14.5. The van der Waals surface area contributed by atoms with E-state index in [2.05, 4.69) is 15.3 Å². The van der Waals surface area contributed by atoms with E-state index in [0.29, 0.717) is 10.6 Å². The van der Waals surface area contributed by atoms with Gasteiger partial charge in [0.15, 0.2) is 0 Å². The van der Waals surface area contributed by atoms with Crippen LogP contribution >= 0.6 is 22.9 Å². The van der Waals surface area contributed by atoms with Crippen molar-refractivity contribution in [2.75, 3.05) is 12.5 Å². The molecule has 0 fully saturated rings. The number of thiophene rings is 1. The highest BCUT2D eigenvalue weighted by atomic mass is 35.5. The molecular weight excluding hydrogens is 303 g/mol. The van der Waals surface area contributed by atoms with Gasteiger partial charge in [0, 0.05) is 5.56 Å². The van der Waals surface area contributed by atoms with E-state index in [1.165, 1.54) is 36.8 Å². The SMILES string of the molecule is COC(=O)c1sccc1N/N=C/c1c(F)cccc1Cl. The fourth-order valence-corrected chi connectivity index (χ4v) is 2.42. The van der Waals surface area contributed by atoms with Crippen molar-refractivity contribution in [2.45, 2.75) is 0 Å². The summed E-state index contributed by atoms with van der Waals surface area (Å²) in [6, 6.07) is 6.04. The number of hydrazone groups is 1. The first-order valence-corrected chi connectivity index (χ1v) is 6.78. The van der Waals surface area contributed by atoms with Gasteiger partial charge in [-0.2, -0.15) is 5.10 Å². The summed E-state index contributed by atoms with van der Waals surface area (Å²) in [7, 11) is 1.30. The Labute approximate surface area is 123 Å². The van der Waals surface area contributed by atoms with E-state index in [0.717, 1.165) is 0 Å². The van der Waals surface area contributed by atoms with Crippen LogP contribution < -0.4 is 5.43 Å². The number of anilines is 1. The maximum Gasteiger partial charge on any atom is 0.350 e. The molecule has 2 aromatic rings. The van der Waals surface area contributed by atoms with Crippen LogP contribution in [-0.4, -0.2) is 19.3 Å². The normalized spacial score (nSPS) is 10.8. The van der Waals surface area contributed by atoms with Gasteiger partial charge in [-0.25, -0.2) is 9.18 Å². The van der Waals surface area contributed by atoms with E-state index in [4.69, 9.17) is 11.6 Å². The number of nitrogens with zero attached hydrogens (tertiary/aromatic N) is 1. The average molecular weight is 313 g/mol. The molecule has 1 aromatic heterocycles. The number of hydrogen-bond acceptors (Lipinski definition) is 5. The predicted molar refractivity (Wildman–Crippen MR) is 78.3 cm³/mol. The molecule has 0 unspecified atom stereocenters. The molecule has 0 spiro atoms. The molecule has 1 heterocycles. The number of esters is 1. The Morgan fingerprint density at radius 2 is 2.30 bits per heavy atom. The second kappa shape index (κ2) is 6.49. The third kappa shape index (κ3) is 3.15. The minimum Gasteiger partial charge on any atom is -0.465 e. The summed E-state index contributed by atoms with van der Waals surface area (Å²) in [6.45, 7) is 0. The Morgan fingerprint density at radius 1 is 1.50 bits per heavy atom. The van der Waals surface area contributed by atoms with Crippen LogP contribution in [0, 0.1) is 5.82 Å². The van der Waals surface area contributed by atoms with Gasteiger partial charge in [-0.3, -0.25) is 5.43 Å². The molecule has 104 valence electrons. The van der Waals surface area contributed by atoms with Gasteiger partial charge in [0.05, 0.1) is 24.0 Å². The smallest absolute Gasteiger partial charge is 0.350 e. The minimum atomic E-state index is -0.471. The van der Waals surface area contributed by atoms with Crippen LogP contribution in [-0.2, 0) is 4.74 Å². The molecule has 0 aliphatic rings. The van der Waals surface area contributed by atoms with Gasteiger partial charge < -0.3 is 4.74 Å². The lowest BCUT2D eigenvalue weighted by Crippen LogP contribution is -2.02. The van der Waals surface area contributed by atoms with Crippen molar-refractivity contribution in [1.82, 2.24) is 0 Å². The molecule has 0 saturated carbocycles. The van der Waals surface area contributed by atoms with Gasteiger partial charge in [0.2, 0.25) is 0 Å². The molecule has 0 saturated heterocycles. The Bertz CT molecular complexity index is 637. The van der Waals surface area contributed by atoms with E-state index >= 15 is 0 Å². The lowest BCUT2D eigenvalue weighted by Gasteiger charge is -2.02. The molecule has 0 bridgehead atoms. The number of nitrogens with one attached hydrogen (secondary N) is 1. The van der Waals surface area contributed by atoms with Crippen molar-refractivity contribution in [3.8, 4) is 0 Å². The van der Waals surface area contributed by atoms with Crippen LogP contribution in [0.4, 0.5) is 10.1 Å². The van der Waals surface area contributed by atoms with Crippen molar-refractivity contribution in [3.05, 3.63) is 50.9 Å². The number of hydrogen-bond donors (Lipinski definition) is 1. The summed E-state index contributed by atoms with van der Waals surface area (Å²) in [5.41, 5.74) is 3.33.